The van der Waals surface area contributed by atoms with E-state index < -0.39 is 0 Å². The van der Waals surface area contributed by atoms with E-state index in [4.69, 9.17) is 9.47 Å². The van der Waals surface area contributed by atoms with E-state index in [9.17, 15) is 4.79 Å². The average Bonchev–Trinajstić information content (AvgIpc) is 2.56. The molecule has 0 fully saturated rings. The number of benzene rings is 2. The predicted octanol–water partition coefficient (Wildman–Crippen LogP) is 3.08. The van der Waals surface area contributed by atoms with E-state index in [1.807, 2.05) is 55.5 Å². The van der Waals surface area contributed by atoms with Crippen molar-refractivity contribution in [3.8, 4) is 11.5 Å². The minimum absolute atomic E-state index is 0.0617. The average molecular weight is 313 g/mol. The topological polar surface area (TPSA) is 38.8 Å². The second kappa shape index (κ2) is 8.22. The third-order valence-corrected chi connectivity index (χ3v) is 3.69. The summed E-state index contributed by atoms with van der Waals surface area (Å²) in [5.41, 5.74) is 2.04. The molecule has 122 valence electrons. The van der Waals surface area contributed by atoms with Crippen LogP contribution in [-0.2, 0) is 11.2 Å². The molecule has 2 aromatic carbocycles. The highest BCUT2D eigenvalue weighted by atomic mass is 16.5. The number of para-hydroxylation sites is 1. The van der Waals surface area contributed by atoms with Gasteiger partial charge < -0.3 is 14.4 Å². The highest BCUT2D eigenvalue weighted by Crippen LogP contribution is 2.16. The zero-order chi connectivity index (χ0) is 16.7. The fourth-order valence-corrected chi connectivity index (χ4v) is 2.23. The Kier molecular flexibility index (Phi) is 6.03. The largest absolute Gasteiger partial charge is 0.497 e. The zero-order valence-corrected chi connectivity index (χ0v) is 13.9. The van der Waals surface area contributed by atoms with Crippen molar-refractivity contribution in [1.29, 1.82) is 0 Å². The molecule has 1 amide bonds. The fourth-order valence-electron chi connectivity index (χ4n) is 2.23. The number of aryl methyl sites for hydroxylation is 1. The van der Waals surface area contributed by atoms with Crippen molar-refractivity contribution in [2.24, 2.45) is 0 Å². The van der Waals surface area contributed by atoms with E-state index in [0.29, 0.717) is 19.6 Å². The maximum atomic E-state index is 12.3. The molecule has 0 spiro atoms. The summed E-state index contributed by atoms with van der Waals surface area (Å²) < 4.78 is 10.9. The van der Waals surface area contributed by atoms with Gasteiger partial charge in [-0.2, -0.15) is 0 Å². The Morgan fingerprint density at radius 1 is 1.13 bits per heavy atom. The number of methoxy groups -OCH3 is 1. The maximum Gasteiger partial charge on any atom is 0.226 e. The number of hydrogen-bond acceptors (Lipinski definition) is 3. The van der Waals surface area contributed by atoms with Crippen molar-refractivity contribution >= 4 is 5.91 Å². The molecule has 0 aromatic heterocycles. The molecule has 0 saturated carbocycles. The first-order valence-electron chi connectivity index (χ1n) is 7.65. The van der Waals surface area contributed by atoms with E-state index in [0.717, 1.165) is 22.6 Å². The molecule has 4 nitrogen and oxygen atoms in total. The van der Waals surface area contributed by atoms with Crippen molar-refractivity contribution < 1.29 is 14.3 Å². The Morgan fingerprint density at radius 2 is 1.91 bits per heavy atom. The van der Waals surface area contributed by atoms with E-state index in [1.165, 1.54) is 0 Å². The third-order valence-electron chi connectivity index (χ3n) is 3.69. The standard InChI is InChI=1S/C19H23NO3/c1-15-7-4-5-10-18(15)23-12-11-20(2)19(21)14-16-8-6-9-17(13-16)22-3/h4-10,13H,11-12,14H2,1-3H3. The molecule has 0 radical (unpaired) electrons. The predicted molar refractivity (Wildman–Crippen MR) is 91.0 cm³/mol. The molecule has 0 unspecified atom stereocenters. The lowest BCUT2D eigenvalue weighted by molar-refractivity contribution is -0.129. The quantitative estimate of drug-likeness (QED) is 0.788. The summed E-state index contributed by atoms with van der Waals surface area (Å²) in [6.07, 6.45) is 0.359. The van der Waals surface area contributed by atoms with Crippen LogP contribution in [0.5, 0.6) is 11.5 Å². The Balaban J connectivity index is 1.82. The van der Waals surface area contributed by atoms with Crippen molar-refractivity contribution in [3.05, 3.63) is 59.7 Å². The van der Waals surface area contributed by atoms with Crippen LogP contribution in [0.2, 0.25) is 0 Å². The third kappa shape index (κ3) is 5.02. The molecule has 0 heterocycles. The first-order valence-corrected chi connectivity index (χ1v) is 7.65. The lowest BCUT2D eigenvalue weighted by atomic mass is 10.1. The van der Waals surface area contributed by atoms with Gasteiger partial charge >= 0.3 is 0 Å². The first kappa shape index (κ1) is 16.9. The summed E-state index contributed by atoms with van der Waals surface area (Å²) in [7, 11) is 3.42. The van der Waals surface area contributed by atoms with Crippen LogP contribution in [0, 0.1) is 6.92 Å². The summed E-state index contributed by atoms with van der Waals surface area (Å²) in [4.78, 5) is 13.9. The molecule has 0 atom stereocenters. The van der Waals surface area contributed by atoms with Gasteiger partial charge in [0.25, 0.3) is 0 Å². The second-order valence-electron chi connectivity index (χ2n) is 5.46. The van der Waals surface area contributed by atoms with E-state index in [1.54, 1.807) is 19.1 Å². The summed E-state index contributed by atoms with van der Waals surface area (Å²) in [5, 5.41) is 0. The number of amides is 1. The van der Waals surface area contributed by atoms with Crippen LogP contribution in [0.3, 0.4) is 0 Å². The van der Waals surface area contributed by atoms with Gasteiger partial charge in [0, 0.05) is 7.05 Å². The van der Waals surface area contributed by atoms with Crippen LogP contribution in [-0.4, -0.2) is 38.1 Å². The van der Waals surface area contributed by atoms with Crippen molar-refractivity contribution in [2.45, 2.75) is 13.3 Å². The number of carbonyl (C=O) groups is 1. The highest BCUT2D eigenvalue weighted by Gasteiger charge is 2.10. The van der Waals surface area contributed by atoms with Gasteiger partial charge in [-0.25, -0.2) is 0 Å². The Hall–Kier alpha value is -2.49. The maximum absolute atomic E-state index is 12.3. The van der Waals surface area contributed by atoms with Crippen LogP contribution in [0.25, 0.3) is 0 Å². The van der Waals surface area contributed by atoms with Gasteiger partial charge in [-0.3, -0.25) is 4.79 Å². The number of hydrogen-bond donors (Lipinski definition) is 0. The summed E-state index contributed by atoms with van der Waals surface area (Å²) in [6, 6.07) is 15.4. The monoisotopic (exact) mass is 313 g/mol. The second-order valence-corrected chi connectivity index (χ2v) is 5.46. The van der Waals surface area contributed by atoms with Crippen LogP contribution >= 0.6 is 0 Å². The van der Waals surface area contributed by atoms with Gasteiger partial charge in [0.15, 0.2) is 0 Å². The minimum Gasteiger partial charge on any atom is -0.497 e. The summed E-state index contributed by atoms with van der Waals surface area (Å²) in [5.74, 6) is 1.69. The smallest absolute Gasteiger partial charge is 0.226 e. The van der Waals surface area contributed by atoms with Crippen molar-refractivity contribution in [3.63, 3.8) is 0 Å². The van der Waals surface area contributed by atoms with E-state index >= 15 is 0 Å². The van der Waals surface area contributed by atoms with E-state index in [2.05, 4.69) is 0 Å². The highest BCUT2D eigenvalue weighted by molar-refractivity contribution is 5.78. The van der Waals surface area contributed by atoms with Crippen LogP contribution < -0.4 is 9.47 Å². The van der Waals surface area contributed by atoms with Crippen LogP contribution in [0.15, 0.2) is 48.5 Å². The normalized spacial score (nSPS) is 10.2. The molecule has 0 N–H and O–H groups in total. The van der Waals surface area contributed by atoms with E-state index in [-0.39, 0.29) is 5.91 Å². The van der Waals surface area contributed by atoms with Crippen LogP contribution in [0.1, 0.15) is 11.1 Å². The summed E-state index contributed by atoms with van der Waals surface area (Å²) in [6.45, 7) is 3.04. The molecule has 2 rings (SSSR count). The molecule has 23 heavy (non-hydrogen) atoms. The van der Waals surface area contributed by atoms with Gasteiger partial charge in [-0.15, -0.1) is 0 Å². The lowest BCUT2D eigenvalue weighted by Crippen LogP contribution is -2.32. The molecular formula is C19H23NO3. The molecule has 2 aromatic rings. The molecule has 0 aliphatic rings. The Bertz CT molecular complexity index is 655. The number of rotatable bonds is 7. The van der Waals surface area contributed by atoms with Crippen LogP contribution in [0.4, 0.5) is 0 Å². The molecular weight excluding hydrogens is 290 g/mol. The molecule has 4 heteroatoms. The van der Waals surface area contributed by atoms with Gasteiger partial charge in [-0.05, 0) is 36.2 Å². The molecule has 0 bridgehead atoms. The number of nitrogens with zero attached hydrogens (tertiary/aromatic N) is 1. The summed E-state index contributed by atoms with van der Waals surface area (Å²) >= 11 is 0. The fraction of sp³-hybridized carbons (Fsp3) is 0.316. The number of carbonyl (C=O) groups excluding carboxylic acids is 1. The molecule has 0 saturated heterocycles. The number of likely N-dealkylation sites (N-methyl/N-ethyl adjacent to an activating group) is 1. The zero-order valence-electron chi connectivity index (χ0n) is 13.9. The van der Waals surface area contributed by atoms with Crippen molar-refractivity contribution in [1.82, 2.24) is 4.90 Å². The Morgan fingerprint density at radius 3 is 2.65 bits per heavy atom. The molecule has 0 aliphatic carbocycles. The minimum atomic E-state index is 0.0617. The van der Waals surface area contributed by atoms with Gasteiger partial charge in [-0.1, -0.05) is 30.3 Å². The van der Waals surface area contributed by atoms with Gasteiger partial charge in [0.2, 0.25) is 5.91 Å². The molecule has 0 aliphatic heterocycles. The Labute approximate surface area is 137 Å². The van der Waals surface area contributed by atoms with Crippen molar-refractivity contribution in [2.75, 3.05) is 27.3 Å². The lowest BCUT2D eigenvalue weighted by Gasteiger charge is -2.18. The van der Waals surface area contributed by atoms with Gasteiger partial charge in [0.1, 0.15) is 18.1 Å². The van der Waals surface area contributed by atoms with Gasteiger partial charge in [0.05, 0.1) is 20.1 Å². The first-order chi connectivity index (χ1) is 11.1. The SMILES string of the molecule is COc1cccc(CC(=O)N(C)CCOc2ccccc2C)c1. The number of ether oxygens (including phenoxy) is 2.